The summed E-state index contributed by atoms with van der Waals surface area (Å²) in [6.45, 7) is 6.93. The predicted molar refractivity (Wildman–Crippen MR) is 89.5 cm³/mol. The molecule has 0 unspecified atom stereocenters. The summed E-state index contributed by atoms with van der Waals surface area (Å²) >= 11 is 0. The molecule has 1 heterocycles. The molecule has 1 saturated heterocycles. The smallest absolute Gasteiger partial charge is 0.406 e. The SMILES string of the molecule is CC(C)[C@@H](CN1CCCC1)N(C)C(=O)c1cccc(OC(F)(F)F)c1. The number of alkyl halides is 3. The van der Waals surface area contributed by atoms with Gasteiger partial charge in [0.1, 0.15) is 5.75 Å². The predicted octanol–water partition coefficient (Wildman–Crippen LogP) is 3.78. The van der Waals surface area contributed by atoms with Crippen LogP contribution in [0.15, 0.2) is 24.3 Å². The second kappa shape index (κ2) is 8.08. The van der Waals surface area contributed by atoms with Gasteiger partial charge < -0.3 is 14.5 Å². The van der Waals surface area contributed by atoms with Gasteiger partial charge in [-0.3, -0.25) is 4.79 Å². The van der Waals surface area contributed by atoms with Crippen LogP contribution >= 0.6 is 0 Å². The molecule has 4 nitrogen and oxygen atoms in total. The Hall–Kier alpha value is -1.76. The Morgan fingerprint density at radius 3 is 2.48 bits per heavy atom. The molecule has 0 bridgehead atoms. The largest absolute Gasteiger partial charge is 0.573 e. The summed E-state index contributed by atoms with van der Waals surface area (Å²) in [5, 5.41) is 0. The van der Waals surface area contributed by atoms with Gasteiger partial charge >= 0.3 is 6.36 Å². The van der Waals surface area contributed by atoms with E-state index in [4.69, 9.17) is 0 Å². The molecule has 1 aliphatic heterocycles. The summed E-state index contributed by atoms with van der Waals surface area (Å²) in [5.41, 5.74) is 0.191. The molecule has 1 amide bonds. The van der Waals surface area contributed by atoms with Crippen LogP contribution in [-0.2, 0) is 0 Å². The Balaban J connectivity index is 2.12. The van der Waals surface area contributed by atoms with Crippen molar-refractivity contribution in [1.29, 1.82) is 0 Å². The highest BCUT2D eigenvalue weighted by Gasteiger charge is 2.32. The standard InChI is InChI=1S/C18H25F3N2O2/c1-13(2)16(12-23-9-4-5-10-23)22(3)17(24)14-7-6-8-15(11-14)25-18(19,20)21/h6-8,11,13,16H,4-5,9-10,12H2,1-3H3/t16-/m1/s1. The Morgan fingerprint density at radius 2 is 1.92 bits per heavy atom. The third-order valence-electron chi connectivity index (χ3n) is 4.55. The van der Waals surface area contributed by atoms with Gasteiger partial charge in [-0.25, -0.2) is 0 Å². The molecular formula is C18H25F3N2O2. The molecule has 1 aromatic carbocycles. The van der Waals surface area contributed by atoms with E-state index in [1.807, 2.05) is 13.8 Å². The molecule has 0 radical (unpaired) electrons. The number of benzene rings is 1. The minimum absolute atomic E-state index is 0.00205. The van der Waals surface area contributed by atoms with Crippen molar-refractivity contribution in [3.8, 4) is 5.75 Å². The second-order valence-electron chi connectivity index (χ2n) is 6.81. The minimum Gasteiger partial charge on any atom is -0.406 e. The van der Waals surface area contributed by atoms with Gasteiger partial charge in [0.05, 0.1) is 0 Å². The molecule has 1 fully saturated rings. The number of hydrogen-bond acceptors (Lipinski definition) is 3. The number of amides is 1. The number of likely N-dealkylation sites (N-methyl/N-ethyl adjacent to an activating group) is 1. The zero-order chi connectivity index (χ0) is 18.6. The van der Waals surface area contributed by atoms with Crippen molar-refractivity contribution in [3.05, 3.63) is 29.8 Å². The Labute approximate surface area is 146 Å². The maximum Gasteiger partial charge on any atom is 0.573 e. The minimum atomic E-state index is -4.77. The van der Waals surface area contributed by atoms with Gasteiger partial charge in [-0.15, -0.1) is 13.2 Å². The molecular weight excluding hydrogens is 333 g/mol. The van der Waals surface area contributed by atoms with E-state index in [0.717, 1.165) is 25.7 Å². The lowest BCUT2D eigenvalue weighted by atomic mass is 10.0. The van der Waals surface area contributed by atoms with Crippen LogP contribution in [0.5, 0.6) is 5.75 Å². The molecule has 1 atom stereocenters. The number of halogens is 3. The van der Waals surface area contributed by atoms with Crippen LogP contribution in [0.4, 0.5) is 13.2 Å². The number of ether oxygens (including phenoxy) is 1. The number of rotatable bonds is 6. The molecule has 0 spiro atoms. The summed E-state index contributed by atoms with van der Waals surface area (Å²) < 4.78 is 41.0. The van der Waals surface area contributed by atoms with E-state index in [2.05, 4.69) is 9.64 Å². The van der Waals surface area contributed by atoms with Crippen LogP contribution in [0.3, 0.4) is 0 Å². The third-order valence-corrected chi connectivity index (χ3v) is 4.55. The van der Waals surface area contributed by atoms with Crippen molar-refractivity contribution in [2.75, 3.05) is 26.7 Å². The average Bonchev–Trinajstić information content (AvgIpc) is 3.02. The second-order valence-corrected chi connectivity index (χ2v) is 6.81. The van der Waals surface area contributed by atoms with E-state index in [1.165, 1.54) is 31.0 Å². The number of likely N-dealkylation sites (tertiary alicyclic amines) is 1. The highest BCUT2D eigenvalue weighted by molar-refractivity contribution is 5.94. The van der Waals surface area contributed by atoms with Crippen molar-refractivity contribution < 1.29 is 22.7 Å². The van der Waals surface area contributed by atoms with Crippen LogP contribution in [0.1, 0.15) is 37.0 Å². The highest BCUT2D eigenvalue weighted by atomic mass is 19.4. The van der Waals surface area contributed by atoms with E-state index >= 15 is 0 Å². The fraction of sp³-hybridized carbons (Fsp3) is 0.611. The first-order valence-electron chi connectivity index (χ1n) is 8.52. The zero-order valence-corrected chi connectivity index (χ0v) is 14.8. The molecule has 2 rings (SSSR count). The number of carbonyl (C=O) groups is 1. The monoisotopic (exact) mass is 358 g/mol. The van der Waals surface area contributed by atoms with Crippen molar-refractivity contribution >= 4 is 5.91 Å². The van der Waals surface area contributed by atoms with Crippen LogP contribution in [0, 0.1) is 5.92 Å². The van der Waals surface area contributed by atoms with E-state index in [1.54, 1.807) is 11.9 Å². The van der Waals surface area contributed by atoms with Gasteiger partial charge in [0.25, 0.3) is 5.91 Å². The van der Waals surface area contributed by atoms with Crippen molar-refractivity contribution in [2.45, 2.75) is 39.1 Å². The maximum atomic E-state index is 12.8. The number of carbonyl (C=O) groups excluding carboxylic acids is 1. The van der Waals surface area contributed by atoms with Crippen molar-refractivity contribution in [2.24, 2.45) is 5.92 Å². The molecule has 0 saturated carbocycles. The summed E-state index contributed by atoms with van der Waals surface area (Å²) in [4.78, 5) is 16.7. The first-order valence-corrected chi connectivity index (χ1v) is 8.52. The summed E-state index contributed by atoms with van der Waals surface area (Å²) in [6, 6.07) is 5.23. The van der Waals surface area contributed by atoms with Gasteiger partial charge in [0, 0.05) is 25.2 Å². The Kier molecular flexibility index (Phi) is 6.32. The molecule has 1 aromatic rings. The number of hydrogen-bond donors (Lipinski definition) is 0. The average molecular weight is 358 g/mol. The number of nitrogens with zero attached hydrogens (tertiary/aromatic N) is 2. The zero-order valence-electron chi connectivity index (χ0n) is 14.8. The fourth-order valence-electron chi connectivity index (χ4n) is 3.19. The molecule has 25 heavy (non-hydrogen) atoms. The van der Waals surface area contributed by atoms with E-state index in [9.17, 15) is 18.0 Å². The molecule has 1 aliphatic rings. The van der Waals surface area contributed by atoms with Gasteiger partial charge in [-0.2, -0.15) is 0 Å². The van der Waals surface area contributed by atoms with Crippen LogP contribution in [0.25, 0.3) is 0 Å². The van der Waals surface area contributed by atoms with Crippen LogP contribution in [-0.4, -0.2) is 54.8 Å². The first-order chi connectivity index (χ1) is 11.7. The molecule has 0 N–H and O–H groups in total. The van der Waals surface area contributed by atoms with Gasteiger partial charge in [0.15, 0.2) is 0 Å². The summed E-state index contributed by atoms with van der Waals surface area (Å²) in [5.74, 6) is -0.443. The maximum absolute atomic E-state index is 12.8. The summed E-state index contributed by atoms with van der Waals surface area (Å²) in [7, 11) is 1.71. The fourth-order valence-corrected chi connectivity index (χ4v) is 3.19. The van der Waals surface area contributed by atoms with E-state index < -0.39 is 6.36 Å². The molecule has 140 valence electrons. The van der Waals surface area contributed by atoms with Gasteiger partial charge in [0.2, 0.25) is 0 Å². The third kappa shape index (κ3) is 5.63. The molecule has 0 aromatic heterocycles. The first kappa shape index (κ1) is 19.6. The van der Waals surface area contributed by atoms with Crippen LogP contribution in [0.2, 0.25) is 0 Å². The Morgan fingerprint density at radius 1 is 1.28 bits per heavy atom. The van der Waals surface area contributed by atoms with E-state index in [-0.39, 0.29) is 29.2 Å². The lowest BCUT2D eigenvalue weighted by molar-refractivity contribution is -0.274. The lowest BCUT2D eigenvalue weighted by Crippen LogP contribution is -2.47. The van der Waals surface area contributed by atoms with E-state index in [0.29, 0.717) is 0 Å². The van der Waals surface area contributed by atoms with Crippen molar-refractivity contribution in [1.82, 2.24) is 9.80 Å². The highest BCUT2D eigenvalue weighted by Crippen LogP contribution is 2.24. The molecule has 7 heteroatoms. The lowest BCUT2D eigenvalue weighted by Gasteiger charge is -2.34. The Bertz CT molecular complexity index is 584. The molecule has 0 aliphatic carbocycles. The van der Waals surface area contributed by atoms with Gasteiger partial charge in [-0.05, 0) is 50.0 Å². The topological polar surface area (TPSA) is 32.8 Å². The quantitative estimate of drug-likeness (QED) is 0.776. The van der Waals surface area contributed by atoms with Crippen LogP contribution < -0.4 is 4.74 Å². The normalized spacial score (nSPS) is 16.9. The summed E-state index contributed by atoms with van der Waals surface area (Å²) in [6.07, 6.45) is -2.44. The van der Waals surface area contributed by atoms with Gasteiger partial charge in [-0.1, -0.05) is 19.9 Å². The van der Waals surface area contributed by atoms with Crippen molar-refractivity contribution in [3.63, 3.8) is 0 Å².